The Balaban J connectivity index is 3.14. The summed E-state index contributed by atoms with van der Waals surface area (Å²) in [6.45, 7) is 1.54. The molecule has 0 unspecified atom stereocenters. The number of aromatic nitrogens is 1. The number of nitrogens with zero attached hydrogens (tertiary/aromatic N) is 2. The molecular formula is C9H9ClN2O4S2. The fraction of sp³-hybridized carbons (Fsp3) is 0.333. The summed E-state index contributed by atoms with van der Waals surface area (Å²) in [5.41, 5.74) is 0.510. The maximum Gasteiger partial charge on any atom is 0.233 e. The molecule has 1 heterocycles. The minimum atomic E-state index is -3.89. The summed E-state index contributed by atoms with van der Waals surface area (Å²) in [5, 5.41) is 8.40. The smallest absolute Gasteiger partial charge is 0.233 e. The molecular weight excluding hydrogens is 300 g/mol. The molecule has 0 fully saturated rings. The highest BCUT2D eigenvalue weighted by Crippen LogP contribution is 2.13. The fourth-order valence-electron chi connectivity index (χ4n) is 1.18. The van der Waals surface area contributed by atoms with Crippen LogP contribution in [0.2, 0.25) is 0 Å². The van der Waals surface area contributed by atoms with Crippen molar-refractivity contribution < 1.29 is 16.8 Å². The minimum absolute atomic E-state index is 0.148. The average Bonchev–Trinajstić information content (AvgIpc) is 2.25. The Hall–Kier alpha value is -1.17. The van der Waals surface area contributed by atoms with Gasteiger partial charge in [0.05, 0.1) is 23.1 Å². The summed E-state index contributed by atoms with van der Waals surface area (Å²) in [6.07, 6.45) is 0. The molecule has 0 atom stereocenters. The van der Waals surface area contributed by atoms with E-state index < -0.39 is 30.4 Å². The van der Waals surface area contributed by atoms with Crippen LogP contribution in [0.15, 0.2) is 17.2 Å². The van der Waals surface area contributed by atoms with Crippen LogP contribution in [-0.2, 0) is 18.9 Å². The van der Waals surface area contributed by atoms with Gasteiger partial charge in [0.15, 0.2) is 14.9 Å². The van der Waals surface area contributed by atoms with E-state index in [-0.39, 0.29) is 10.6 Å². The van der Waals surface area contributed by atoms with Gasteiger partial charge in [-0.3, -0.25) is 0 Å². The van der Waals surface area contributed by atoms with Crippen molar-refractivity contribution in [2.45, 2.75) is 11.9 Å². The van der Waals surface area contributed by atoms with Gasteiger partial charge in [-0.15, -0.1) is 0 Å². The van der Waals surface area contributed by atoms with Crippen molar-refractivity contribution in [2.75, 3.05) is 11.5 Å². The first kappa shape index (κ1) is 14.9. The van der Waals surface area contributed by atoms with Crippen LogP contribution in [0.4, 0.5) is 0 Å². The van der Waals surface area contributed by atoms with Crippen molar-refractivity contribution in [1.82, 2.24) is 4.98 Å². The van der Waals surface area contributed by atoms with Crippen LogP contribution in [0.5, 0.6) is 0 Å². The van der Waals surface area contributed by atoms with Crippen LogP contribution in [0.25, 0.3) is 0 Å². The molecule has 0 aliphatic carbocycles. The summed E-state index contributed by atoms with van der Waals surface area (Å²) in [7, 11) is -2.81. The lowest BCUT2D eigenvalue weighted by atomic mass is 10.2. The molecule has 0 bridgehead atoms. The van der Waals surface area contributed by atoms with Gasteiger partial charge in [0, 0.05) is 16.4 Å². The Kier molecular flexibility index (Phi) is 4.32. The molecule has 18 heavy (non-hydrogen) atoms. The molecule has 0 spiro atoms. The lowest BCUT2D eigenvalue weighted by Gasteiger charge is -2.04. The fourth-order valence-corrected chi connectivity index (χ4v) is 4.22. The first-order valence-electron chi connectivity index (χ1n) is 4.68. The highest BCUT2D eigenvalue weighted by molar-refractivity contribution is 8.14. The molecule has 1 rings (SSSR count). The predicted molar refractivity (Wildman–Crippen MR) is 65.4 cm³/mol. The van der Waals surface area contributed by atoms with Gasteiger partial charge in [0.1, 0.15) is 0 Å². The number of nitriles is 1. The van der Waals surface area contributed by atoms with Gasteiger partial charge >= 0.3 is 0 Å². The zero-order valence-electron chi connectivity index (χ0n) is 9.29. The van der Waals surface area contributed by atoms with E-state index in [1.165, 1.54) is 13.0 Å². The Morgan fingerprint density at radius 2 is 1.89 bits per heavy atom. The molecule has 0 aliphatic heterocycles. The molecule has 98 valence electrons. The van der Waals surface area contributed by atoms with Crippen molar-refractivity contribution in [2.24, 2.45) is 0 Å². The number of sulfone groups is 1. The summed E-state index contributed by atoms with van der Waals surface area (Å²) in [6, 6.07) is 4.33. The number of halogens is 1. The highest BCUT2D eigenvalue weighted by Gasteiger charge is 2.20. The first-order chi connectivity index (χ1) is 8.14. The lowest BCUT2D eigenvalue weighted by molar-refractivity contribution is 0.589. The van der Waals surface area contributed by atoms with E-state index in [2.05, 4.69) is 4.98 Å². The molecule has 0 amide bonds. The van der Waals surface area contributed by atoms with Gasteiger partial charge in [-0.25, -0.2) is 21.8 Å². The maximum atomic E-state index is 11.8. The second-order valence-electron chi connectivity index (χ2n) is 3.51. The van der Waals surface area contributed by atoms with Crippen molar-refractivity contribution in [3.63, 3.8) is 0 Å². The van der Waals surface area contributed by atoms with Crippen LogP contribution < -0.4 is 0 Å². The molecule has 0 N–H and O–H groups in total. The number of rotatable bonds is 4. The zero-order valence-corrected chi connectivity index (χ0v) is 11.7. The summed E-state index contributed by atoms with van der Waals surface area (Å²) in [4.78, 5) is 3.78. The third-order valence-corrected chi connectivity index (χ3v) is 4.97. The second-order valence-corrected chi connectivity index (χ2v) is 8.46. The maximum absolute atomic E-state index is 11.8. The molecule has 1 aromatic rings. The van der Waals surface area contributed by atoms with Gasteiger partial charge in [-0.1, -0.05) is 0 Å². The molecule has 0 aromatic carbocycles. The van der Waals surface area contributed by atoms with Crippen LogP contribution in [-0.4, -0.2) is 33.3 Å². The third-order valence-electron chi connectivity index (χ3n) is 1.97. The van der Waals surface area contributed by atoms with E-state index in [9.17, 15) is 16.8 Å². The molecule has 0 aliphatic rings. The Labute approximate surface area is 110 Å². The van der Waals surface area contributed by atoms with Crippen LogP contribution in [0.1, 0.15) is 11.3 Å². The third kappa shape index (κ3) is 4.25. The highest BCUT2D eigenvalue weighted by atomic mass is 35.7. The van der Waals surface area contributed by atoms with E-state index in [1.807, 2.05) is 0 Å². The Morgan fingerprint density at radius 3 is 2.39 bits per heavy atom. The van der Waals surface area contributed by atoms with Gasteiger partial charge in [-0.2, -0.15) is 5.26 Å². The topological polar surface area (TPSA) is 105 Å². The van der Waals surface area contributed by atoms with Crippen molar-refractivity contribution in [3.8, 4) is 6.07 Å². The molecule has 0 saturated heterocycles. The normalized spacial score (nSPS) is 12.1. The van der Waals surface area contributed by atoms with Gasteiger partial charge < -0.3 is 0 Å². The molecule has 6 nitrogen and oxygen atoms in total. The predicted octanol–water partition coefficient (Wildman–Crippen LogP) is 0.604. The number of aryl methyl sites for hydroxylation is 1. The van der Waals surface area contributed by atoms with E-state index in [0.29, 0.717) is 5.69 Å². The monoisotopic (exact) mass is 308 g/mol. The lowest BCUT2D eigenvalue weighted by Crippen LogP contribution is -2.15. The van der Waals surface area contributed by atoms with Crippen molar-refractivity contribution in [1.29, 1.82) is 5.26 Å². The first-order valence-corrected chi connectivity index (χ1v) is 8.81. The summed E-state index contributed by atoms with van der Waals surface area (Å²) in [5.74, 6) is -1.37. The van der Waals surface area contributed by atoms with Crippen molar-refractivity contribution >= 4 is 29.6 Å². The molecule has 0 saturated carbocycles. The largest absolute Gasteiger partial charge is 0.241 e. The average molecular weight is 309 g/mol. The quantitative estimate of drug-likeness (QED) is 0.754. The number of hydrogen-bond donors (Lipinski definition) is 0. The van der Waals surface area contributed by atoms with Crippen LogP contribution in [0.3, 0.4) is 0 Å². The molecule has 9 heteroatoms. The Morgan fingerprint density at radius 1 is 1.28 bits per heavy atom. The van der Waals surface area contributed by atoms with Gasteiger partial charge in [0.2, 0.25) is 9.05 Å². The van der Waals surface area contributed by atoms with Gasteiger partial charge in [-0.05, 0) is 19.1 Å². The second kappa shape index (κ2) is 5.22. The van der Waals surface area contributed by atoms with E-state index in [1.54, 1.807) is 6.07 Å². The number of hydrogen-bond acceptors (Lipinski definition) is 6. The zero-order chi connectivity index (χ0) is 14.0. The number of pyridine rings is 1. The van der Waals surface area contributed by atoms with Crippen LogP contribution >= 0.6 is 10.7 Å². The van der Waals surface area contributed by atoms with E-state index >= 15 is 0 Å². The Bertz CT molecular complexity index is 705. The van der Waals surface area contributed by atoms with Gasteiger partial charge in [0.25, 0.3) is 0 Å². The minimum Gasteiger partial charge on any atom is -0.241 e. The van der Waals surface area contributed by atoms with Crippen LogP contribution in [0, 0.1) is 18.3 Å². The summed E-state index contributed by atoms with van der Waals surface area (Å²) < 4.78 is 45.1. The molecule has 0 radical (unpaired) electrons. The van der Waals surface area contributed by atoms with E-state index in [4.69, 9.17) is 15.9 Å². The van der Waals surface area contributed by atoms with E-state index in [0.717, 1.165) is 6.07 Å². The summed E-state index contributed by atoms with van der Waals surface area (Å²) >= 11 is 0. The molecule has 1 aromatic heterocycles. The standard InChI is InChI=1S/C9H9ClN2O4S2/c1-7-4-8(6-11)5-9(12-7)17(13,14)2-3-18(10,15)16/h4-5H,2-3H2,1H3. The SMILES string of the molecule is Cc1cc(C#N)cc(S(=O)(=O)CCS(=O)(=O)Cl)n1. The van der Waals surface area contributed by atoms with Crippen molar-refractivity contribution in [3.05, 3.63) is 23.4 Å².